The molecule has 9 heteroatoms. The number of aromatic nitrogens is 1. The molecule has 2 aromatic rings. The SMILES string of the molecule is C/C(=N\NC(=O)c1nc(Cl)c(Cl)c(N)c1Cl)c1cc(C)ccc1O. The van der Waals surface area contributed by atoms with Gasteiger partial charge in [-0.05, 0) is 26.0 Å². The number of phenolic OH excluding ortho intramolecular Hbond substituents is 1. The average Bonchev–Trinajstić information content (AvgIpc) is 2.55. The Kier molecular flexibility index (Phi) is 5.54. The molecule has 0 saturated carbocycles. The van der Waals surface area contributed by atoms with Gasteiger partial charge in [0.1, 0.15) is 10.8 Å². The number of hydrogen-bond donors (Lipinski definition) is 3. The number of nitrogens with one attached hydrogen (secondary N) is 1. The van der Waals surface area contributed by atoms with Gasteiger partial charge in [-0.1, -0.05) is 46.4 Å². The Bertz CT molecular complexity index is 853. The van der Waals surface area contributed by atoms with Gasteiger partial charge in [0, 0.05) is 5.56 Å². The minimum atomic E-state index is -0.711. The van der Waals surface area contributed by atoms with Crippen molar-refractivity contribution in [3.63, 3.8) is 0 Å². The van der Waals surface area contributed by atoms with E-state index in [0.29, 0.717) is 11.3 Å². The number of carbonyl (C=O) groups excluding carboxylic acids is 1. The second-order valence-corrected chi connectivity index (χ2v) is 6.07. The molecule has 0 radical (unpaired) electrons. The maximum Gasteiger partial charge on any atom is 0.291 e. The molecule has 0 unspecified atom stereocenters. The largest absolute Gasteiger partial charge is 0.507 e. The van der Waals surface area contributed by atoms with Crippen LogP contribution < -0.4 is 11.2 Å². The number of anilines is 1. The van der Waals surface area contributed by atoms with Crippen LogP contribution in [0.2, 0.25) is 15.2 Å². The summed E-state index contributed by atoms with van der Waals surface area (Å²) in [6.07, 6.45) is 0. The van der Waals surface area contributed by atoms with Gasteiger partial charge in [0.05, 0.1) is 16.4 Å². The summed E-state index contributed by atoms with van der Waals surface area (Å²) in [6, 6.07) is 5.04. The third-order valence-corrected chi connectivity index (χ3v) is 4.29. The predicted molar refractivity (Wildman–Crippen MR) is 96.2 cm³/mol. The van der Waals surface area contributed by atoms with E-state index in [-0.39, 0.29) is 32.3 Å². The fourth-order valence-electron chi connectivity index (χ4n) is 1.87. The number of nitrogen functional groups attached to an aromatic ring is 1. The summed E-state index contributed by atoms with van der Waals surface area (Å²) in [5, 5.41) is 13.5. The van der Waals surface area contributed by atoms with Crippen LogP contribution in [0.5, 0.6) is 5.75 Å². The fourth-order valence-corrected chi connectivity index (χ4v) is 2.46. The molecule has 1 aromatic carbocycles. The van der Waals surface area contributed by atoms with Crippen molar-refractivity contribution in [2.24, 2.45) is 5.10 Å². The van der Waals surface area contributed by atoms with E-state index in [4.69, 9.17) is 40.5 Å². The zero-order chi connectivity index (χ0) is 18.0. The average molecular weight is 388 g/mol. The monoisotopic (exact) mass is 386 g/mol. The van der Waals surface area contributed by atoms with Gasteiger partial charge in [0.15, 0.2) is 10.8 Å². The van der Waals surface area contributed by atoms with Crippen molar-refractivity contribution >= 4 is 52.1 Å². The molecule has 0 aliphatic carbocycles. The highest BCUT2D eigenvalue weighted by molar-refractivity contribution is 6.46. The molecule has 24 heavy (non-hydrogen) atoms. The third kappa shape index (κ3) is 3.72. The number of hydrazone groups is 1. The van der Waals surface area contributed by atoms with Crippen LogP contribution in [0.1, 0.15) is 28.5 Å². The Morgan fingerprint density at radius 2 is 1.96 bits per heavy atom. The van der Waals surface area contributed by atoms with E-state index in [9.17, 15) is 9.90 Å². The van der Waals surface area contributed by atoms with Crippen LogP contribution >= 0.6 is 34.8 Å². The highest BCUT2D eigenvalue weighted by Crippen LogP contribution is 2.34. The first-order valence-electron chi connectivity index (χ1n) is 6.67. The highest BCUT2D eigenvalue weighted by Gasteiger charge is 2.19. The second kappa shape index (κ2) is 7.25. The van der Waals surface area contributed by atoms with Crippen molar-refractivity contribution in [3.05, 3.63) is 50.2 Å². The second-order valence-electron chi connectivity index (χ2n) is 4.95. The van der Waals surface area contributed by atoms with Crippen molar-refractivity contribution in [1.29, 1.82) is 0 Å². The number of carbonyl (C=O) groups is 1. The molecule has 126 valence electrons. The van der Waals surface area contributed by atoms with Crippen LogP contribution in [0.15, 0.2) is 23.3 Å². The molecule has 0 fully saturated rings. The lowest BCUT2D eigenvalue weighted by atomic mass is 10.1. The molecule has 1 aromatic heterocycles. The first-order valence-corrected chi connectivity index (χ1v) is 7.80. The summed E-state index contributed by atoms with van der Waals surface area (Å²) in [5.41, 5.74) is 9.54. The lowest BCUT2D eigenvalue weighted by Crippen LogP contribution is -2.21. The lowest BCUT2D eigenvalue weighted by molar-refractivity contribution is 0.0950. The number of benzene rings is 1. The van der Waals surface area contributed by atoms with E-state index in [2.05, 4.69) is 15.5 Å². The van der Waals surface area contributed by atoms with E-state index >= 15 is 0 Å². The quantitative estimate of drug-likeness (QED) is 0.424. The predicted octanol–water partition coefficient (Wildman–Crippen LogP) is 3.79. The summed E-state index contributed by atoms with van der Waals surface area (Å²) in [6.45, 7) is 3.50. The summed E-state index contributed by atoms with van der Waals surface area (Å²) >= 11 is 17.6. The fraction of sp³-hybridized carbons (Fsp3) is 0.133. The molecule has 0 atom stereocenters. The van der Waals surface area contributed by atoms with Gasteiger partial charge in [-0.25, -0.2) is 10.4 Å². The number of halogens is 3. The number of phenols is 1. The number of aromatic hydroxyl groups is 1. The van der Waals surface area contributed by atoms with Crippen LogP contribution in [0.3, 0.4) is 0 Å². The normalized spacial score (nSPS) is 11.5. The topological polar surface area (TPSA) is 101 Å². The zero-order valence-corrected chi connectivity index (χ0v) is 15.0. The summed E-state index contributed by atoms with van der Waals surface area (Å²) in [5.74, 6) is -0.664. The summed E-state index contributed by atoms with van der Waals surface area (Å²) in [7, 11) is 0. The maximum atomic E-state index is 12.2. The molecule has 0 spiro atoms. The minimum Gasteiger partial charge on any atom is -0.507 e. The Hall–Kier alpha value is -2.02. The number of rotatable bonds is 3. The number of pyridine rings is 1. The molecule has 4 N–H and O–H groups in total. The van der Waals surface area contributed by atoms with Crippen molar-refractivity contribution in [1.82, 2.24) is 10.4 Å². The molecular weight excluding hydrogens is 375 g/mol. The zero-order valence-electron chi connectivity index (χ0n) is 12.7. The summed E-state index contributed by atoms with van der Waals surface area (Å²) < 4.78 is 0. The lowest BCUT2D eigenvalue weighted by Gasteiger charge is -2.09. The molecule has 1 heterocycles. The van der Waals surface area contributed by atoms with Gasteiger partial charge in [0.25, 0.3) is 5.91 Å². The first kappa shape index (κ1) is 18.3. The Morgan fingerprint density at radius 3 is 2.62 bits per heavy atom. The van der Waals surface area contributed by atoms with Crippen LogP contribution in [0.25, 0.3) is 0 Å². The molecule has 0 aliphatic heterocycles. The smallest absolute Gasteiger partial charge is 0.291 e. The van der Waals surface area contributed by atoms with Crippen molar-refractivity contribution < 1.29 is 9.90 Å². The Labute approximate surface area is 153 Å². The maximum absolute atomic E-state index is 12.2. The van der Waals surface area contributed by atoms with Gasteiger partial charge in [-0.15, -0.1) is 0 Å². The van der Waals surface area contributed by atoms with Crippen molar-refractivity contribution in [3.8, 4) is 5.75 Å². The summed E-state index contributed by atoms with van der Waals surface area (Å²) in [4.78, 5) is 16.0. The number of nitrogens with zero attached hydrogens (tertiary/aromatic N) is 2. The number of aryl methyl sites for hydroxylation is 1. The van der Waals surface area contributed by atoms with Crippen LogP contribution in [-0.2, 0) is 0 Å². The number of nitrogens with two attached hydrogens (primary N) is 1. The standard InChI is InChI=1S/C15H13Cl3N4O2/c1-6-3-4-9(23)8(5-6)7(2)21-22-15(24)13-10(16)12(19)11(17)14(18)20-13/h3-5,23H,1-2H3,(H2,19,20)(H,22,24)/b21-7+. The van der Waals surface area contributed by atoms with Crippen LogP contribution in [0, 0.1) is 6.92 Å². The van der Waals surface area contributed by atoms with Gasteiger partial charge in [0.2, 0.25) is 0 Å². The molecule has 0 bridgehead atoms. The van der Waals surface area contributed by atoms with Gasteiger partial charge in [-0.3, -0.25) is 4.79 Å². The molecular formula is C15H13Cl3N4O2. The molecule has 0 aliphatic rings. The van der Waals surface area contributed by atoms with Crippen LogP contribution in [0.4, 0.5) is 5.69 Å². The number of amides is 1. The van der Waals surface area contributed by atoms with E-state index in [1.165, 1.54) is 0 Å². The van der Waals surface area contributed by atoms with Gasteiger partial charge in [-0.2, -0.15) is 5.10 Å². The van der Waals surface area contributed by atoms with E-state index in [1.54, 1.807) is 25.1 Å². The van der Waals surface area contributed by atoms with Gasteiger partial charge >= 0.3 is 0 Å². The highest BCUT2D eigenvalue weighted by atomic mass is 35.5. The molecule has 0 saturated heterocycles. The van der Waals surface area contributed by atoms with Crippen molar-refractivity contribution in [2.75, 3.05) is 5.73 Å². The van der Waals surface area contributed by atoms with E-state index in [0.717, 1.165) is 5.56 Å². The number of hydrogen-bond acceptors (Lipinski definition) is 5. The minimum absolute atomic E-state index is 0.0254. The van der Waals surface area contributed by atoms with Crippen LogP contribution in [-0.4, -0.2) is 21.7 Å². The molecule has 6 nitrogen and oxygen atoms in total. The van der Waals surface area contributed by atoms with Gasteiger partial charge < -0.3 is 10.8 Å². The Morgan fingerprint density at radius 1 is 1.29 bits per heavy atom. The van der Waals surface area contributed by atoms with Crippen molar-refractivity contribution in [2.45, 2.75) is 13.8 Å². The molecule has 2 rings (SSSR count). The van der Waals surface area contributed by atoms with E-state index in [1.807, 2.05) is 6.92 Å². The third-order valence-electron chi connectivity index (χ3n) is 3.15. The molecule has 1 amide bonds. The Balaban J connectivity index is 2.29. The van der Waals surface area contributed by atoms with E-state index < -0.39 is 5.91 Å². The first-order chi connectivity index (χ1) is 11.2.